The van der Waals surface area contributed by atoms with Crippen molar-refractivity contribution in [2.75, 3.05) is 14.1 Å². The monoisotopic (exact) mass is 416 g/mol. The molecule has 0 aromatic heterocycles. The summed E-state index contributed by atoms with van der Waals surface area (Å²) in [4.78, 5) is 33.5. The minimum absolute atomic E-state index is 0.0348. The van der Waals surface area contributed by atoms with E-state index in [9.17, 15) is 14.0 Å². The molecule has 8 heteroatoms. The number of halogens is 1. The summed E-state index contributed by atoms with van der Waals surface area (Å²) in [6.45, 7) is 5.62. The van der Waals surface area contributed by atoms with Crippen LogP contribution in [0.2, 0.25) is 0 Å². The molecule has 3 rings (SSSR count). The second kappa shape index (κ2) is 8.41. The Hall–Kier alpha value is -2.61. The van der Waals surface area contributed by atoms with Crippen LogP contribution in [0.25, 0.3) is 0 Å². The van der Waals surface area contributed by atoms with Gasteiger partial charge in [-0.3, -0.25) is 9.59 Å². The van der Waals surface area contributed by atoms with Crippen molar-refractivity contribution in [2.24, 2.45) is 4.99 Å². The highest BCUT2D eigenvalue weighted by Gasteiger charge is 2.40. The minimum atomic E-state index is -0.480. The standard InChI is InChI=1S/C21H25FN4O2S/c1-12(2)23-17(27)10-16-11-29-21-24-13(3)18(20(28)25(4)5)19(26(16)21)14-6-8-15(22)9-7-14/h6-9,11-12,19H,10H2,1-5H3,(H,23,27). The summed E-state index contributed by atoms with van der Waals surface area (Å²) in [5.41, 5.74) is 2.67. The van der Waals surface area contributed by atoms with Gasteiger partial charge in [-0.25, -0.2) is 9.38 Å². The Labute approximate surface area is 174 Å². The Balaban J connectivity index is 2.05. The molecule has 2 aliphatic rings. The molecule has 0 aliphatic carbocycles. The summed E-state index contributed by atoms with van der Waals surface area (Å²) in [6, 6.07) is 5.67. The average molecular weight is 417 g/mol. The lowest BCUT2D eigenvalue weighted by Gasteiger charge is -2.37. The predicted molar refractivity (Wildman–Crippen MR) is 113 cm³/mol. The van der Waals surface area contributed by atoms with Crippen LogP contribution in [-0.2, 0) is 9.59 Å². The summed E-state index contributed by atoms with van der Waals surface area (Å²) in [5, 5.41) is 5.50. The van der Waals surface area contributed by atoms with Crippen LogP contribution >= 0.6 is 11.8 Å². The van der Waals surface area contributed by atoms with E-state index in [-0.39, 0.29) is 30.1 Å². The molecule has 1 aromatic carbocycles. The third kappa shape index (κ3) is 4.37. The van der Waals surface area contributed by atoms with Gasteiger partial charge in [0.15, 0.2) is 5.17 Å². The fourth-order valence-corrected chi connectivity index (χ4v) is 4.35. The number of rotatable bonds is 5. The van der Waals surface area contributed by atoms with Crippen molar-refractivity contribution < 1.29 is 14.0 Å². The van der Waals surface area contributed by atoms with Crippen molar-refractivity contribution in [1.29, 1.82) is 0 Å². The van der Waals surface area contributed by atoms with E-state index in [1.54, 1.807) is 26.2 Å². The van der Waals surface area contributed by atoms with Gasteiger partial charge in [-0.05, 0) is 43.9 Å². The Kier molecular flexibility index (Phi) is 6.12. The number of likely N-dealkylation sites (N-methyl/N-ethyl adjacent to an activating group) is 1. The van der Waals surface area contributed by atoms with E-state index in [0.29, 0.717) is 16.4 Å². The van der Waals surface area contributed by atoms with Crippen LogP contribution in [-0.4, -0.2) is 46.9 Å². The molecular weight excluding hydrogens is 391 g/mol. The van der Waals surface area contributed by atoms with Gasteiger partial charge in [0.25, 0.3) is 5.91 Å². The molecule has 2 heterocycles. The first-order valence-corrected chi connectivity index (χ1v) is 10.3. The van der Waals surface area contributed by atoms with Crippen molar-refractivity contribution in [3.8, 4) is 0 Å². The SMILES string of the molecule is CC1=C(C(=O)N(C)C)C(c2ccc(F)cc2)N2C(CC(=O)NC(C)C)=CSC2=N1. The number of carbonyl (C=O) groups excluding carboxylic acids is 2. The number of amides is 2. The summed E-state index contributed by atoms with van der Waals surface area (Å²) in [7, 11) is 3.38. The Bertz CT molecular complexity index is 919. The van der Waals surface area contributed by atoms with Crippen LogP contribution in [0, 0.1) is 5.82 Å². The van der Waals surface area contributed by atoms with E-state index >= 15 is 0 Å². The smallest absolute Gasteiger partial charge is 0.253 e. The molecule has 1 N–H and O–H groups in total. The van der Waals surface area contributed by atoms with Gasteiger partial charge in [-0.2, -0.15) is 0 Å². The molecule has 29 heavy (non-hydrogen) atoms. The molecule has 0 fully saturated rings. The van der Waals surface area contributed by atoms with Crippen molar-refractivity contribution in [3.05, 3.63) is 58.0 Å². The molecule has 0 radical (unpaired) electrons. The molecule has 2 aliphatic heterocycles. The second-order valence-electron chi connectivity index (χ2n) is 7.54. The molecule has 1 aromatic rings. The number of hydrogen-bond acceptors (Lipinski definition) is 5. The van der Waals surface area contributed by atoms with Gasteiger partial charge < -0.3 is 15.1 Å². The summed E-state index contributed by atoms with van der Waals surface area (Å²) in [6.07, 6.45) is 0.171. The Morgan fingerprint density at radius 2 is 1.93 bits per heavy atom. The lowest BCUT2D eigenvalue weighted by Crippen LogP contribution is -2.40. The molecule has 1 atom stereocenters. The number of nitrogens with one attached hydrogen (secondary N) is 1. The minimum Gasteiger partial charge on any atom is -0.354 e. The first-order chi connectivity index (χ1) is 13.7. The fourth-order valence-electron chi connectivity index (χ4n) is 3.38. The van der Waals surface area contributed by atoms with E-state index in [2.05, 4.69) is 10.3 Å². The number of carbonyl (C=O) groups is 2. The van der Waals surface area contributed by atoms with Gasteiger partial charge in [0, 0.05) is 25.8 Å². The lowest BCUT2D eigenvalue weighted by atomic mass is 9.93. The van der Waals surface area contributed by atoms with E-state index < -0.39 is 6.04 Å². The van der Waals surface area contributed by atoms with Crippen LogP contribution in [0.5, 0.6) is 0 Å². The van der Waals surface area contributed by atoms with Crippen molar-refractivity contribution in [2.45, 2.75) is 39.3 Å². The molecule has 0 saturated carbocycles. The molecule has 6 nitrogen and oxygen atoms in total. The van der Waals surface area contributed by atoms with Crippen LogP contribution < -0.4 is 5.32 Å². The van der Waals surface area contributed by atoms with Crippen molar-refractivity contribution >= 4 is 28.7 Å². The van der Waals surface area contributed by atoms with Gasteiger partial charge in [-0.1, -0.05) is 23.9 Å². The fraction of sp³-hybridized carbons (Fsp3) is 0.381. The second-order valence-corrected chi connectivity index (χ2v) is 8.38. The molecule has 0 saturated heterocycles. The number of nitrogens with zero attached hydrogens (tertiary/aromatic N) is 3. The third-order valence-electron chi connectivity index (χ3n) is 4.61. The quantitative estimate of drug-likeness (QED) is 0.799. The Morgan fingerprint density at radius 3 is 2.52 bits per heavy atom. The topological polar surface area (TPSA) is 65.0 Å². The number of fused-ring (bicyclic) bond motifs is 1. The maximum Gasteiger partial charge on any atom is 0.253 e. The molecule has 154 valence electrons. The van der Waals surface area contributed by atoms with E-state index in [0.717, 1.165) is 11.3 Å². The highest BCUT2D eigenvalue weighted by Crippen LogP contribution is 2.44. The van der Waals surface area contributed by atoms with E-state index in [4.69, 9.17) is 0 Å². The molecule has 2 amide bonds. The van der Waals surface area contributed by atoms with Crippen LogP contribution in [0.4, 0.5) is 4.39 Å². The molecule has 1 unspecified atom stereocenters. The van der Waals surface area contributed by atoms with Crippen molar-refractivity contribution in [3.63, 3.8) is 0 Å². The normalized spacial score (nSPS) is 18.4. The zero-order valence-electron chi connectivity index (χ0n) is 17.2. The summed E-state index contributed by atoms with van der Waals surface area (Å²) >= 11 is 1.42. The van der Waals surface area contributed by atoms with E-state index in [1.807, 2.05) is 31.1 Å². The van der Waals surface area contributed by atoms with Crippen LogP contribution in [0.1, 0.15) is 38.8 Å². The number of hydrogen-bond donors (Lipinski definition) is 1. The van der Waals surface area contributed by atoms with Gasteiger partial charge in [0.1, 0.15) is 5.82 Å². The maximum atomic E-state index is 13.6. The molecular formula is C21H25FN4O2S. The number of thioether (sulfide) groups is 1. The summed E-state index contributed by atoms with van der Waals surface area (Å²) < 4.78 is 13.6. The lowest BCUT2D eigenvalue weighted by molar-refractivity contribution is -0.125. The van der Waals surface area contributed by atoms with Crippen LogP contribution in [0.3, 0.4) is 0 Å². The average Bonchev–Trinajstić information content (AvgIpc) is 3.02. The number of allylic oxidation sites excluding steroid dienone is 1. The van der Waals surface area contributed by atoms with Gasteiger partial charge in [0.2, 0.25) is 5.91 Å². The predicted octanol–water partition coefficient (Wildman–Crippen LogP) is 3.40. The first-order valence-electron chi connectivity index (χ1n) is 9.40. The van der Waals surface area contributed by atoms with Crippen LogP contribution in [0.15, 0.2) is 51.6 Å². The largest absolute Gasteiger partial charge is 0.354 e. The van der Waals surface area contributed by atoms with Crippen molar-refractivity contribution in [1.82, 2.24) is 15.1 Å². The third-order valence-corrected chi connectivity index (χ3v) is 5.50. The zero-order valence-corrected chi connectivity index (χ0v) is 18.0. The maximum absolute atomic E-state index is 13.6. The highest BCUT2D eigenvalue weighted by atomic mass is 32.2. The first kappa shape index (κ1) is 21.1. The zero-order chi connectivity index (χ0) is 21.3. The summed E-state index contributed by atoms with van der Waals surface area (Å²) in [5.74, 6) is -0.609. The van der Waals surface area contributed by atoms with Gasteiger partial charge >= 0.3 is 0 Å². The number of benzene rings is 1. The van der Waals surface area contributed by atoms with E-state index in [1.165, 1.54) is 28.8 Å². The highest BCUT2D eigenvalue weighted by molar-refractivity contribution is 8.16. The number of aliphatic imine (C=N–C) groups is 1. The van der Waals surface area contributed by atoms with Gasteiger partial charge in [0.05, 0.1) is 23.7 Å². The molecule has 0 spiro atoms. The molecule has 0 bridgehead atoms. The van der Waals surface area contributed by atoms with Gasteiger partial charge in [-0.15, -0.1) is 0 Å². The Morgan fingerprint density at radius 1 is 1.28 bits per heavy atom. The number of amidine groups is 1.